The number of imidazole rings is 1. The van der Waals surface area contributed by atoms with Gasteiger partial charge < -0.3 is 20.3 Å². The lowest BCUT2D eigenvalue weighted by molar-refractivity contribution is -0.272. The van der Waals surface area contributed by atoms with E-state index in [0.717, 1.165) is 10.8 Å². The van der Waals surface area contributed by atoms with E-state index in [2.05, 4.69) is 20.6 Å². The summed E-state index contributed by atoms with van der Waals surface area (Å²) in [6, 6.07) is 2.47. The van der Waals surface area contributed by atoms with Crippen LogP contribution >= 0.6 is 0 Å². The Labute approximate surface area is 135 Å². The summed E-state index contributed by atoms with van der Waals surface area (Å²) in [6.45, 7) is -0.408. The molecule has 0 fully saturated rings. The molecule has 1 atom stereocenters. The highest BCUT2D eigenvalue weighted by Gasteiger charge is 2.57. The molecule has 0 saturated carbocycles. The first-order valence-corrected chi connectivity index (χ1v) is 6.96. The van der Waals surface area contributed by atoms with E-state index < -0.39 is 36.6 Å². The molecule has 2 aromatic heterocycles. The van der Waals surface area contributed by atoms with Crippen LogP contribution in [0.2, 0.25) is 0 Å². The summed E-state index contributed by atoms with van der Waals surface area (Å²) in [5.41, 5.74) is -2.77. The molecule has 10 heteroatoms. The normalized spacial score (nSPS) is 14.0. The van der Waals surface area contributed by atoms with Crippen LogP contribution in [0.4, 0.5) is 23.7 Å². The summed E-state index contributed by atoms with van der Waals surface area (Å²) in [5, 5.41) is 14.8. The number of urea groups is 1. The van der Waals surface area contributed by atoms with Crippen LogP contribution in [0.15, 0.2) is 36.9 Å². The molecule has 1 unspecified atom stereocenters. The predicted octanol–water partition coefficient (Wildman–Crippen LogP) is 1.78. The minimum Gasteiger partial charge on any atom is -0.374 e. The van der Waals surface area contributed by atoms with Crippen LogP contribution in [0.3, 0.4) is 0 Å². The van der Waals surface area contributed by atoms with E-state index in [1.165, 1.54) is 25.6 Å². The molecule has 3 N–H and O–H groups in total. The van der Waals surface area contributed by atoms with Crippen LogP contribution < -0.4 is 10.6 Å². The average molecular weight is 343 g/mol. The number of aromatic nitrogens is 3. The Morgan fingerprint density at radius 3 is 2.67 bits per heavy atom. The minimum atomic E-state index is -4.94. The number of pyridine rings is 1. The van der Waals surface area contributed by atoms with E-state index >= 15 is 0 Å². The number of halogens is 3. The number of aliphatic hydroxyl groups is 1. The van der Waals surface area contributed by atoms with Crippen molar-refractivity contribution in [3.63, 3.8) is 0 Å². The Morgan fingerprint density at radius 2 is 2.12 bits per heavy atom. The molecular weight excluding hydrogens is 327 g/mol. The third-order valence-electron chi connectivity index (χ3n) is 3.35. The van der Waals surface area contributed by atoms with Gasteiger partial charge in [0.05, 0.1) is 11.9 Å². The van der Waals surface area contributed by atoms with Crippen molar-refractivity contribution in [3.05, 3.63) is 42.7 Å². The molecule has 0 aliphatic rings. The highest BCUT2D eigenvalue weighted by molar-refractivity contribution is 5.88. The van der Waals surface area contributed by atoms with Gasteiger partial charge in [-0.2, -0.15) is 13.2 Å². The number of hydrogen-bond acceptors (Lipinski definition) is 4. The third kappa shape index (κ3) is 3.82. The zero-order valence-corrected chi connectivity index (χ0v) is 12.7. The van der Waals surface area contributed by atoms with Crippen LogP contribution in [0.1, 0.15) is 12.2 Å². The summed E-state index contributed by atoms with van der Waals surface area (Å²) in [4.78, 5) is 19.0. The van der Waals surface area contributed by atoms with Crippen LogP contribution in [-0.4, -0.2) is 38.4 Å². The fourth-order valence-corrected chi connectivity index (χ4v) is 2.11. The molecule has 2 rings (SSSR count). The molecule has 0 saturated heterocycles. The standard InChI is InChI=1S/C14H16F3N5O2/c1-22-8-7-19-11(22)13(24,14(15,16)17)4-6-20-12(23)21-10-3-2-5-18-9-10/h2-3,5,7-9,24H,4,6H2,1H3,(H2,20,21,23). The number of carbonyl (C=O) groups excluding carboxylic acids is 1. The Kier molecular flexibility index (Phi) is 5.07. The summed E-state index contributed by atoms with van der Waals surface area (Å²) in [5.74, 6) is -0.538. The van der Waals surface area contributed by atoms with Gasteiger partial charge >= 0.3 is 12.2 Å². The Morgan fingerprint density at radius 1 is 1.38 bits per heavy atom. The molecule has 0 radical (unpaired) electrons. The first kappa shape index (κ1) is 17.7. The predicted molar refractivity (Wildman–Crippen MR) is 79.0 cm³/mol. The second kappa shape index (κ2) is 6.87. The molecular formula is C14H16F3N5O2. The lowest BCUT2D eigenvalue weighted by Crippen LogP contribution is -2.47. The van der Waals surface area contributed by atoms with Crippen molar-refractivity contribution in [1.29, 1.82) is 0 Å². The fraction of sp³-hybridized carbons (Fsp3) is 0.357. The third-order valence-corrected chi connectivity index (χ3v) is 3.35. The molecule has 130 valence electrons. The number of hydrogen-bond donors (Lipinski definition) is 3. The van der Waals surface area contributed by atoms with Gasteiger partial charge in [0.1, 0.15) is 5.82 Å². The average Bonchev–Trinajstić information content (AvgIpc) is 2.93. The second-order valence-corrected chi connectivity index (χ2v) is 5.09. The van der Waals surface area contributed by atoms with Gasteiger partial charge in [0, 0.05) is 38.6 Å². The van der Waals surface area contributed by atoms with E-state index in [4.69, 9.17) is 0 Å². The molecule has 2 heterocycles. The Bertz CT molecular complexity index is 689. The number of carbonyl (C=O) groups is 1. The zero-order valence-electron chi connectivity index (χ0n) is 12.7. The fourth-order valence-electron chi connectivity index (χ4n) is 2.11. The minimum absolute atomic E-state index is 0.394. The van der Waals surface area contributed by atoms with Crippen LogP contribution in [-0.2, 0) is 12.6 Å². The number of anilines is 1. The first-order valence-electron chi connectivity index (χ1n) is 6.96. The zero-order chi connectivity index (χ0) is 17.8. The quantitative estimate of drug-likeness (QED) is 0.772. The van der Waals surface area contributed by atoms with E-state index in [0.29, 0.717) is 5.69 Å². The van der Waals surface area contributed by atoms with E-state index in [1.54, 1.807) is 12.1 Å². The number of alkyl halides is 3. The smallest absolute Gasteiger partial charge is 0.374 e. The van der Waals surface area contributed by atoms with Crippen molar-refractivity contribution in [3.8, 4) is 0 Å². The number of amides is 2. The number of aryl methyl sites for hydroxylation is 1. The first-order chi connectivity index (χ1) is 11.2. The molecule has 0 aliphatic carbocycles. The number of rotatable bonds is 5. The molecule has 0 aromatic carbocycles. The molecule has 2 aromatic rings. The van der Waals surface area contributed by atoms with Crippen molar-refractivity contribution >= 4 is 11.7 Å². The van der Waals surface area contributed by atoms with Crippen molar-refractivity contribution in [1.82, 2.24) is 19.9 Å². The lowest BCUT2D eigenvalue weighted by atomic mass is 9.97. The number of nitrogens with one attached hydrogen (secondary N) is 2. The van der Waals surface area contributed by atoms with Gasteiger partial charge in [0.25, 0.3) is 0 Å². The summed E-state index contributed by atoms with van der Waals surface area (Å²) < 4.78 is 40.9. The topological polar surface area (TPSA) is 92.1 Å². The van der Waals surface area contributed by atoms with Gasteiger partial charge in [-0.15, -0.1) is 0 Å². The SMILES string of the molecule is Cn1ccnc1C(O)(CCNC(=O)Nc1cccnc1)C(F)(F)F. The van der Waals surface area contributed by atoms with Gasteiger partial charge in [-0.1, -0.05) is 0 Å². The molecule has 2 amide bonds. The maximum Gasteiger partial charge on any atom is 0.424 e. The molecule has 0 bridgehead atoms. The molecule has 7 nitrogen and oxygen atoms in total. The summed E-state index contributed by atoms with van der Waals surface area (Å²) >= 11 is 0. The monoisotopic (exact) mass is 343 g/mol. The lowest BCUT2D eigenvalue weighted by Gasteiger charge is -2.29. The highest BCUT2D eigenvalue weighted by atomic mass is 19.4. The van der Waals surface area contributed by atoms with Gasteiger partial charge in [-0.05, 0) is 12.1 Å². The second-order valence-electron chi connectivity index (χ2n) is 5.09. The highest BCUT2D eigenvalue weighted by Crippen LogP contribution is 2.40. The van der Waals surface area contributed by atoms with Gasteiger partial charge in [-0.25, -0.2) is 9.78 Å². The van der Waals surface area contributed by atoms with Crippen LogP contribution in [0.5, 0.6) is 0 Å². The van der Waals surface area contributed by atoms with Crippen LogP contribution in [0.25, 0.3) is 0 Å². The van der Waals surface area contributed by atoms with Gasteiger partial charge in [0.15, 0.2) is 0 Å². The maximum absolute atomic E-state index is 13.3. The maximum atomic E-state index is 13.3. The Hall–Kier alpha value is -2.62. The summed E-state index contributed by atoms with van der Waals surface area (Å²) in [7, 11) is 1.35. The van der Waals surface area contributed by atoms with Crippen molar-refractivity contribution < 1.29 is 23.1 Å². The van der Waals surface area contributed by atoms with Gasteiger partial charge in [-0.3, -0.25) is 4.98 Å². The van der Waals surface area contributed by atoms with Crippen LogP contribution in [0, 0.1) is 0 Å². The number of nitrogens with zero attached hydrogens (tertiary/aromatic N) is 3. The molecule has 24 heavy (non-hydrogen) atoms. The van der Waals surface area contributed by atoms with E-state index in [9.17, 15) is 23.1 Å². The van der Waals surface area contributed by atoms with Crippen molar-refractivity contribution in [2.24, 2.45) is 7.05 Å². The van der Waals surface area contributed by atoms with E-state index in [-0.39, 0.29) is 0 Å². The Balaban J connectivity index is 1.99. The van der Waals surface area contributed by atoms with Crippen molar-refractivity contribution in [2.45, 2.75) is 18.2 Å². The summed E-state index contributed by atoms with van der Waals surface area (Å²) in [6.07, 6.45) is -0.350. The van der Waals surface area contributed by atoms with Crippen molar-refractivity contribution in [2.75, 3.05) is 11.9 Å². The molecule has 0 spiro atoms. The largest absolute Gasteiger partial charge is 0.424 e. The molecule has 0 aliphatic heterocycles. The van der Waals surface area contributed by atoms with E-state index in [1.807, 2.05) is 0 Å². The van der Waals surface area contributed by atoms with Gasteiger partial charge in [0.2, 0.25) is 5.60 Å².